The normalized spacial score (nSPS) is 12.6. The number of halogens is 4. The summed E-state index contributed by atoms with van der Waals surface area (Å²) in [6, 6.07) is -0.0489. The zero-order chi connectivity index (χ0) is 13.0. The van der Waals surface area contributed by atoms with Gasteiger partial charge in [-0.05, 0) is 13.3 Å². The summed E-state index contributed by atoms with van der Waals surface area (Å²) < 4.78 is 52.4. The predicted octanol–water partition coefficient (Wildman–Crippen LogP) is 4.23. The predicted molar refractivity (Wildman–Crippen MR) is 58.9 cm³/mol. The number of rotatable bonds is 5. The second kappa shape index (κ2) is 5.89. The van der Waals surface area contributed by atoms with E-state index in [0.717, 1.165) is 12.8 Å². The molecule has 0 aliphatic carbocycles. The highest BCUT2D eigenvalue weighted by Crippen LogP contribution is 2.25. The van der Waals surface area contributed by atoms with Gasteiger partial charge in [0, 0.05) is 12.1 Å². The third kappa shape index (κ3) is 3.35. The molecule has 1 nitrogen and oxygen atoms in total. The summed E-state index contributed by atoms with van der Waals surface area (Å²) in [6.07, 6.45) is 2.48. The van der Waals surface area contributed by atoms with E-state index in [1.165, 1.54) is 0 Å². The highest BCUT2D eigenvalue weighted by molar-refractivity contribution is 5.47. The van der Waals surface area contributed by atoms with Gasteiger partial charge < -0.3 is 5.32 Å². The van der Waals surface area contributed by atoms with E-state index in [2.05, 4.69) is 5.32 Å². The Hall–Kier alpha value is -1.26. The van der Waals surface area contributed by atoms with Gasteiger partial charge in [0.25, 0.3) is 0 Å². The van der Waals surface area contributed by atoms with Gasteiger partial charge in [0.2, 0.25) is 0 Å². The van der Waals surface area contributed by atoms with E-state index in [1.807, 2.05) is 6.92 Å². The van der Waals surface area contributed by atoms with E-state index in [4.69, 9.17) is 0 Å². The van der Waals surface area contributed by atoms with E-state index < -0.39 is 29.0 Å². The van der Waals surface area contributed by atoms with Crippen LogP contribution in [0.4, 0.5) is 23.2 Å². The zero-order valence-corrected chi connectivity index (χ0v) is 9.79. The Morgan fingerprint density at radius 1 is 1.12 bits per heavy atom. The molecule has 1 unspecified atom stereocenters. The molecule has 0 fully saturated rings. The number of nitrogens with one attached hydrogen (secondary N) is 1. The molecule has 1 aromatic rings. The van der Waals surface area contributed by atoms with Crippen LogP contribution < -0.4 is 5.32 Å². The third-order valence-electron chi connectivity index (χ3n) is 2.49. The Bertz CT molecular complexity index is 366. The van der Waals surface area contributed by atoms with Crippen molar-refractivity contribution >= 4 is 5.69 Å². The lowest BCUT2D eigenvalue weighted by Gasteiger charge is -2.16. The van der Waals surface area contributed by atoms with Crippen molar-refractivity contribution in [3.8, 4) is 0 Å². The van der Waals surface area contributed by atoms with Crippen molar-refractivity contribution in [2.24, 2.45) is 0 Å². The summed E-state index contributed by atoms with van der Waals surface area (Å²) >= 11 is 0. The maximum atomic E-state index is 13.3. The van der Waals surface area contributed by atoms with Gasteiger partial charge in [0.1, 0.15) is 5.69 Å². The summed E-state index contributed by atoms with van der Waals surface area (Å²) in [5.74, 6) is -5.55. The van der Waals surface area contributed by atoms with Crippen molar-refractivity contribution in [2.45, 2.75) is 39.2 Å². The Morgan fingerprint density at radius 2 is 1.65 bits per heavy atom. The Balaban J connectivity index is 2.90. The monoisotopic (exact) mass is 249 g/mol. The summed E-state index contributed by atoms with van der Waals surface area (Å²) in [4.78, 5) is 0. The minimum absolute atomic E-state index is 0.201. The average Bonchev–Trinajstić information content (AvgIpc) is 2.29. The molecule has 0 bridgehead atoms. The molecule has 17 heavy (non-hydrogen) atoms. The first-order valence-electron chi connectivity index (χ1n) is 5.56. The second-order valence-corrected chi connectivity index (χ2v) is 4.03. The van der Waals surface area contributed by atoms with Crippen LogP contribution in [0.3, 0.4) is 0 Å². The summed E-state index contributed by atoms with van der Waals surface area (Å²) in [5, 5.41) is 2.46. The number of anilines is 1. The summed E-state index contributed by atoms with van der Waals surface area (Å²) in [7, 11) is 0. The van der Waals surface area contributed by atoms with Gasteiger partial charge in [-0.3, -0.25) is 0 Å². The molecule has 0 aliphatic rings. The van der Waals surface area contributed by atoms with Crippen LogP contribution in [0.1, 0.15) is 33.1 Å². The van der Waals surface area contributed by atoms with Crippen LogP contribution in [0.2, 0.25) is 0 Å². The lowest BCUT2D eigenvalue weighted by molar-refractivity contribution is 0.456. The van der Waals surface area contributed by atoms with Crippen LogP contribution in [0.15, 0.2) is 6.07 Å². The molecule has 0 aliphatic heterocycles. The molecule has 1 N–H and O–H groups in total. The molecule has 96 valence electrons. The molecule has 0 saturated carbocycles. The van der Waals surface area contributed by atoms with Crippen molar-refractivity contribution in [3.05, 3.63) is 29.3 Å². The van der Waals surface area contributed by atoms with Crippen LogP contribution in [-0.4, -0.2) is 6.04 Å². The van der Waals surface area contributed by atoms with Crippen molar-refractivity contribution in [3.63, 3.8) is 0 Å². The van der Waals surface area contributed by atoms with Gasteiger partial charge in [-0.2, -0.15) is 0 Å². The fraction of sp³-hybridized carbons (Fsp3) is 0.500. The molecular formula is C12H15F4N. The molecule has 1 aromatic carbocycles. The lowest BCUT2D eigenvalue weighted by atomic mass is 10.1. The molecular weight excluding hydrogens is 234 g/mol. The fourth-order valence-electron chi connectivity index (χ4n) is 1.53. The first kappa shape index (κ1) is 13.8. The van der Waals surface area contributed by atoms with Gasteiger partial charge >= 0.3 is 0 Å². The quantitative estimate of drug-likeness (QED) is 0.608. The summed E-state index contributed by atoms with van der Waals surface area (Å²) in [5.41, 5.74) is -0.730. The maximum Gasteiger partial charge on any atom is 0.185 e. The number of hydrogen-bond acceptors (Lipinski definition) is 1. The Kier molecular flexibility index (Phi) is 4.78. The summed E-state index contributed by atoms with van der Waals surface area (Å²) in [6.45, 7) is 3.69. The third-order valence-corrected chi connectivity index (χ3v) is 2.49. The van der Waals surface area contributed by atoms with Crippen molar-refractivity contribution in [2.75, 3.05) is 5.32 Å². The van der Waals surface area contributed by atoms with Crippen LogP contribution in [-0.2, 0) is 0 Å². The highest BCUT2D eigenvalue weighted by Gasteiger charge is 2.20. The molecule has 0 spiro atoms. The van der Waals surface area contributed by atoms with Crippen molar-refractivity contribution in [1.29, 1.82) is 0 Å². The zero-order valence-electron chi connectivity index (χ0n) is 9.79. The van der Waals surface area contributed by atoms with E-state index in [1.54, 1.807) is 6.92 Å². The van der Waals surface area contributed by atoms with Gasteiger partial charge in [0.15, 0.2) is 23.3 Å². The van der Waals surface area contributed by atoms with Crippen molar-refractivity contribution < 1.29 is 17.6 Å². The Morgan fingerprint density at radius 3 is 2.12 bits per heavy atom. The van der Waals surface area contributed by atoms with Gasteiger partial charge in [-0.25, -0.2) is 17.6 Å². The van der Waals surface area contributed by atoms with Crippen LogP contribution in [0, 0.1) is 23.3 Å². The van der Waals surface area contributed by atoms with E-state index in [9.17, 15) is 17.6 Å². The molecule has 1 atom stereocenters. The molecule has 0 radical (unpaired) electrons. The average molecular weight is 249 g/mol. The molecule has 1 rings (SSSR count). The highest BCUT2D eigenvalue weighted by atomic mass is 19.2. The van der Waals surface area contributed by atoms with Gasteiger partial charge in [0.05, 0.1) is 0 Å². The van der Waals surface area contributed by atoms with Gasteiger partial charge in [-0.1, -0.05) is 19.8 Å². The number of benzene rings is 1. The van der Waals surface area contributed by atoms with E-state index in [0.29, 0.717) is 6.42 Å². The lowest BCUT2D eigenvalue weighted by Crippen LogP contribution is -2.18. The maximum absolute atomic E-state index is 13.3. The topological polar surface area (TPSA) is 12.0 Å². The van der Waals surface area contributed by atoms with Crippen LogP contribution in [0.25, 0.3) is 0 Å². The molecule has 0 amide bonds. The number of unbranched alkanes of at least 4 members (excludes halogenated alkanes) is 1. The minimum Gasteiger partial charge on any atom is -0.378 e. The first-order chi connectivity index (χ1) is 7.97. The smallest absolute Gasteiger partial charge is 0.185 e. The Labute approximate surface area is 97.8 Å². The second-order valence-electron chi connectivity index (χ2n) is 4.03. The molecule has 0 aromatic heterocycles. The molecule has 0 saturated heterocycles. The van der Waals surface area contributed by atoms with Crippen LogP contribution in [0.5, 0.6) is 0 Å². The first-order valence-corrected chi connectivity index (χ1v) is 5.56. The molecule has 5 heteroatoms. The minimum atomic E-state index is -1.39. The van der Waals surface area contributed by atoms with E-state index in [-0.39, 0.29) is 12.1 Å². The van der Waals surface area contributed by atoms with Crippen LogP contribution >= 0.6 is 0 Å². The van der Waals surface area contributed by atoms with Gasteiger partial charge in [-0.15, -0.1) is 0 Å². The standard InChI is InChI=1S/C12H15F4N/c1-3-4-5-7(2)17-12-10(15)8(13)6-9(14)11(12)16/h6-7,17H,3-5H2,1-2H3. The SMILES string of the molecule is CCCCC(C)Nc1c(F)c(F)cc(F)c1F. The fourth-order valence-corrected chi connectivity index (χ4v) is 1.53. The molecule has 0 heterocycles. The number of hydrogen-bond donors (Lipinski definition) is 1. The van der Waals surface area contributed by atoms with Crippen molar-refractivity contribution in [1.82, 2.24) is 0 Å². The van der Waals surface area contributed by atoms with E-state index >= 15 is 0 Å². The largest absolute Gasteiger partial charge is 0.378 e.